The largest absolute Gasteiger partial charge is 0.478 e. The van der Waals surface area contributed by atoms with Crippen molar-refractivity contribution in [2.45, 2.75) is 6.23 Å². The van der Waals surface area contributed by atoms with Crippen molar-refractivity contribution in [2.75, 3.05) is 5.01 Å². The number of anilines is 2. The fourth-order valence-corrected chi connectivity index (χ4v) is 2.04. The second-order valence-electron chi connectivity index (χ2n) is 4.41. The molecule has 20 heavy (non-hydrogen) atoms. The standard InChI is InChI=1S/C17H16N2O/c1-3-9-15(10-4-1)19(16-11-5-2-6-12-16)18-17-13-7-8-14-20-17/h1-14,17-18H. The van der Waals surface area contributed by atoms with Gasteiger partial charge < -0.3 is 4.74 Å². The fraction of sp³-hybridized carbons (Fsp3) is 0.0588. The minimum Gasteiger partial charge on any atom is -0.478 e. The van der Waals surface area contributed by atoms with Gasteiger partial charge in [0.05, 0.1) is 17.6 Å². The molecule has 1 atom stereocenters. The van der Waals surface area contributed by atoms with Crippen LogP contribution in [0.5, 0.6) is 0 Å². The number of benzene rings is 2. The monoisotopic (exact) mass is 264 g/mol. The van der Waals surface area contributed by atoms with Gasteiger partial charge in [-0.2, -0.15) is 5.43 Å². The molecule has 0 aliphatic carbocycles. The molecule has 1 unspecified atom stereocenters. The van der Waals surface area contributed by atoms with Crippen LogP contribution in [-0.2, 0) is 4.74 Å². The van der Waals surface area contributed by atoms with E-state index in [9.17, 15) is 0 Å². The first kappa shape index (κ1) is 12.5. The smallest absolute Gasteiger partial charge is 0.185 e. The van der Waals surface area contributed by atoms with Gasteiger partial charge >= 0.3 is 0 Å². The molecule has 0 fully saturated rings. The van der Waals surface area contributed by atoms with Crippen LogP contribution in [0, 0.1) is 0 Å². The molecule has 0 saturated carbocycles. The zero-order valence-corrected chi connectivity index (χ0v) is 11.0. The number of nitrogens with zero attached hydrogens (tertiary/aromatic N) is 1. The zero-order valence-electron chi connectivity index (χ0n) is 11.0. The van der Waals surface area contributed by atoms with Crippen LogP contribution in [0.2, 0.25) is 0 Å². The molecule has 0 bridgehead atoms. The molecule has 1 N–H and O–H groups in total. The molecule has 1 aliphatic rings. The minimum atomic E-state index is -0.180. The maximum atomic E-state index is 5.53. The van der Waals surface area contributed by atoms with Crippen LogP contribution in [-0.4, -0.2) is 6.23 Å². The first-order valence-corrected chi connectivity index (χ1v) is 6.59. The molecule has 0 aromatic heterocycles. The predicted molar refractivity (Wildman–Crippen MR) is 81.3 cm³/mol. The Hall–Kier alpha value is -2.52. The van der Waals surface area contributed by atoms with Gasteiger partial charge in [-0.25, -0.2) is 0 Å². The number of ether oxygens (including phenoxy) is 1. The van der Waals surface area contributed by atoms with Crippen molar-refractivity contribution < 1.29 is 4.74 Å². The lowest BCUT2D eigenvalue weighted by Crippen LogP contribution is -2.42. The van der Waals surface area contributed by atoms with E-state index in [0.29, 0.717) is 0 Å². The first-order valence-electron chi connectivity index (χ1n) is 6.59. The topological polar surface area (TPSA) is 24.5 Å². The molecule has 2 aromatic rings. The van der Waals surface area contributed by atoms with E-state index in [1.54, 1.807) is 6.26 Å². The van der Waals surface area contributed by atoms with Gasteiger partial charge in [-0.1, -0.05) is 42.5 Å². The molecule has 3 rings (SSSR count). The van der Waals surface area contributed by atoms with Crippen molar-refractivity contribution in [1.82, 2.24) is 5.43 Å². The number of nitrogens with one attached hydrogen (secondary N) is 1. The predicted octanol–water partition coefficient (Wildman–Crippen LogP) is 3.76. The number of hydrogen-bond donors (Lipinski definition) is 1. The molecule has 100 valence electrons. The quantitative estimate of drug-likeness (QED) is 0.851. The van der Waals surface area contributed by atoms with Gasteiger partial charge in [0.25, 0.3) is 0 Å². The molecular weight excluding hydrogens is 248 g/mol. The van der Waals surface area contributed by atoms with Crippen LogP contribution >= 0.6 is 0 Å². The van der Waals surface area contributed by atoms with E-state index in [4.69, 9.17) is 4.74 Å². The maximum absolute atomic E-state index is 5.53. The molecular formula is C17H16N2O. The highest BCUT2D eigenvalue weighted by Crippen LogP contribution is 2.23. The van der Waals surface area contributed by atoms with E-state index in [2.05, 4.69) is 29.7 Å². The number of hydrazine groups is 1. The Labute approximate surface area is 118 Å². The number of allylic oxidation sites excluding steroid dienone is 2. The Bertz CT molecular complexity index is 553. The minimum absolute atomic E-state index is 0.180. The van der Waals surface area contributed by atoms with E-state index >= 15 is 0 Å². The van der Waals surface area contributed by atoms with Gasteiger partial charge in [0, 0.05) is 0 Å². The summed E-state index contributed by atoms with van der Waals surface area (Å²) in [5.41, 5.74) is 5.48. The second kappa shape index (κ2) is 6.08. The highest BCUT2D eigenvalue weighted by Gasteiger charge is 2.14. The van der Waals surface area contributed by atoms with Crippen molar-refractivity contribution in [2.24, 2.45) is 0 Å². The van der Waals surface area contributed by atoms with Gasteiger partial charge in [-0.05, 0) is 36.4 Å². The summed E-state index contributed by atoms with van der Waals surface area (Å²) in [5, 5.41) is 2.02. The number of para-hydroxylation sites is 2. The lowest BCUT2D eigenvalue weighted by atomic mass is 10.2. The lowest BCUT2D eigenvalue weighted by Gasteiger charge is -2.29. The van der Waals surface area contributed by atoms with E-state index < -0.39 is 0 Å². The van der Waals surface area contributed by atoms with Crippen LogP contribution in [0.4, 0.5) is 11.4 Å². The van der Waals surface area contributed by atoms with Crippen LogP contribution in [0.3, 0.4) is 0 Å². The van der Waals surface area contributed by atoms with Gasteiger partial charge in [0.15, 0.2) is 6.23 Å². The molecule has 3 nitrogen and oxygen atoms in total. The van der Waals surface area contributed by atoms with E-state index in [1.807, 2.05) is 59.6 Å². The van der Waals surface area contributed by atoms with E-state index in [1.165, 1.54) is 0 Å². The summed E-state index contributed by atoms with van der Waals surface area (Å²) < 4.78 is 5.53. The normalized spacial score (nSPS) is 16.7. The highest BCUT2D eigenvalue weighted by molar-refractivity contribution is 5.61. The highest BCUT2D eigenvalue weighted by atomic mass is 16.5. The third-order valence-corrected chi connectivity index (χ3v) is 2.99. The average Bonchev–Trinajstić information content (AvgIpc) is 2.55. The van der Waals surface area contributed by atoms with Crippen LogP contribution < -0.4 is 10.4 Å². The second-order valence-corrected chi connectivity index (χ2v) is 4.41. The third kappa shape index (κ3) is 2.90. The average molecular weight is 264 g/mol. The molecule has 0 spiro atoms. The van der Waals surface area contributed by atoms with Gasteiger partial charge in [-0.15, -0.1) is 0 Å². The summed E-state index contributed by atoms with van der Waals surface area (Å²) in [7, 11) is 0. The molecule has 1 aliphatic heterocycles. The van der Waals surface area contributed by atoms with Crippen LogP contribution in [0.25, 0.3) is 0 Å². The molecule has 0 amide bonds. The number of hydrogen-bond acceptors (Lipinski definition) is 3. The molecule has 3 heteroatoms. The van der Waals surface area contributed by atoms with Crippen LogP contribution in [0.15, 0.2) is 85.2 Å². The third-order valence-electron chi connectivity index (χ3n) is 2.99. The summed E-state index contributed by atoms with van der Waals surface area (Å²) in [4.78, 5) is 0. The van der Waals surface area contributed by atoms with Crippen molar-refractivity contribution >= 4 is 11.4 Å². The molecule has 0 saturated heterocycles. The van der Waals surface area contributed by atoms with E-state index in [0.717, 1.165) is 11.4 Å². The molecule has 0 radical (unpaired) electrons. The number of rotatable bonds is 4. The first-order chi connectivity index (χ1) is 9.93. The summed E-state index contributed by atoms with van der Waals surface area (Å²) in [6.07, 6.45) is 7.31. The SMILES string of the molecule is C1=COC(NN(c2ccccc2)c2ccccc2)C=C1. The van der Waals surface area contributed by atoms with Crippen molar-refractivity contribution in [3.8, 4) is 0 Å². The van der Waals surface area contributed by atoms with Crippen molar-refractivity contribution in [3.63, 3.8) is 0 Å². The van der Waals surface area contributed by atoms with Gasteiger partial charge in [0.1, 0.15) is 0 Å². The Morgan fingerprint density at radius 2 is 1.40 bits per heavy atom. The Kier molecular flexibility index (Phi) is 3.80. The summed E-state index contributed by atoms with van der Waals surface area (Å²) in [5.74, 6) is 0. The summed E-state index contributed by atoms with van der Waals surface area (Å²) >= 11 is 0. The van der Waals surface area contributed by atoms with Crippen molar-refractivity contribution in [1.29, 1.82) is 0 Å². The fourth-order valence-electron chi connectivity index (χ4n) is 2.04. The zero-order chi connectivity index (χ0) is 13.6. The van der Waals surface area contributed by atoms with Crippen LogP contribution in [0.1, 0.15) is 0 Å². The van der Waals surface area contributed by atoms with Gasteiger partial charge in [-0.3, -0.25) is 5.01 Å². The summed E-state index contributed by atoms with van der Waals surface area (Å²) in [6, 6.07) is 20.3. The molecule has 2 aromatic carbocycles. The lowest BCUT2D eigenvalue weighted by molar-refractivity contribution is 0.151. The Balaban J connectivity index is 1.88. The van der Waals surface area contributed by atoms with Gasteiger partial charge in [0.2, 0.25) is 0 Å². The summed E-state index contributed by atoms with van der Waals surface area (Å²) in [6.45, 7) is 0. The van der Waals surface area contributed by atoms with E-state index in [-0.39, 0.29) is 6.23 Å². The van der Waals surface area contributed by atoms with Crippen molar-refractivity contribution in [3.05, 3.63) is 85.2 Å². The Morgan fingerprint density at radius 1 is 0.800 bits per heavy atom. The maximum Gasteiger partial charge on any atom is 0.185 e. The Morgan fingerprint density at radius 3 is 1.90 bits per heavy atom. The molecule has 1 heterocycles.